The van der Waals surface area contributed by atoms with Crippen LogP contribution in [0.4, 0.5) is 5.69 Å². The molecule has 3 aromatic carbocycles. The van der Waals surface area contributed by atoms with Crippen LogP contribution >= 0.6 is 24.0 Å². The van der Waals surface area contributed by atoms with E-state index in [1.807, 2.05) is 30.3 Å². The maximum Gasteiger partial charge on any atom is 0.229 e. The predicted molar refractivity (Wildman–Crippen MR) is 149 cm³/mol. The van der Waals surface area contributed by atoms with Crippen LogP contribution in [0.25, 0.3) is 22.2 Å². The molecule has 0 fully saturated rings. The van der Waals surface area contributed by atoms with Crippen molar-refractivity contribution in [2.45, 2.75) is 13.0 Å². The van der Waals surface area contributed by atoms with Gasteiger partial charge in [0.15, 0.2) is 0 Å². The number of rotatable bonds is 10. The average Bonchev–Trinajstić information content (AvgIpc) is 3.15. The molecular formula is C26H29Cl2N3O4S. The van der Waals surface area contributed by atoms with Gasteiger partial charge in [-0.3, -0.25) is 4.72 Å². The zero-order valence-electron chi connectivity index (χ0n) is 19.9. The molecule has 36 heavy (non-hydrogen) atoms. The van der Waals surface area contributed by atoms with Gasteiger partial charge in [-0.05, 0) is 47.9 Å². The summed E-state index contributed by atoms with van der Waals surface area (Å²) in [6, 6.07) is 21.0. The second-order valence-electron chi connectivity index (χ2n) is 8.38. The molecule has 1 unspecified atom stereocenters. The number of fused-ring (bicyclic) bond motifs is 1. The molecule has 7 nitrogen and oxygen atoms in total. The van der Waals surface area contributed by atoms with E-state index in [-0.39, 0.29) is 29.7 Å². The fourth-order valence-electron chi connectivity index (χ4n) is 3.93. The number of aliphatic hydroxyl groups is 1. The number of aromatic nitrogens is 1. The molecule has 0 aliphatic carbocycles. The van der Waals surface area contributed by atoms with Gasteiger partial charge in [0.05, 0.1) is 23.1 Å². The molecule has 0 aliphatic heterocycles. The van der Waals surface area contributed by atoms with E-state index in [9.17, 15) is 13.5 Å². The Morgan fingerprint density at radius 2 is 1.83 bits per heavy atom. The lowest BCUT2D eigenvalue weighted by Crippen LogP contribution is -2.26. The van der Waals surface area contributed by atoms with E-state index in [4.69, 9.17) is 16.3 Å². The third-order valence-corrected chi connectivity index (χ3v) is 6.57. The van der Waals surface area contributed by atoms with Gasteiger partial charge in [-0.15, -0.1) is 12.4 Å². The lowest BCUT2D eigenvalue weighted by molar-refractivity contribution is 0.172. The first-order valence-corrected chi connectivity index (χ1v) is 13.4. The largest absolute Gasteiger partial charge is 0.492 e. The van der Waals surface area contributed by atoms with Crippen molar-refractivity contribution in [3.8, 4) is 17.0 Å². The number of nitrogens with one attached hydrogen (secondary N) is 3. The van der Waals surface area contributed by atoms with Crippen molar-refractivity contribution in [1.29, 1.82) is 0 Å². The van der Waals surface area contributed by atoms with Crippen LogP contribution in [-0.2, 0) is 10.0 Å². The van der Waals surface area contributed by atoms with Crippen LogP contribution in [-0.4, -0.2) is 44.5 Å². The number of ether oxygens (including phenoxy) is 1. The monoisotopic (exact) mass is 549 g/mol. The molecule has 1 heterocycles. The summed E-state index contributed by atoms with van der Waals surface area (Å²) in [5, 5.41) is 15.0. The average molecular weight is 551 g/mol. The van der Waals surface area contributed by atoms with Crippen molar-refractivity contribution in [3.05, 3.63) is 82.9 Å². The number of benzene rings is 3. The molecule has 0 spiro atoms. The van der Waals surface area contributed by atoms with Gasteiger partial charge in [-0.25, -0.2) is 8.42 Å². The third kappa shape index (κ3) is 6.93. The minimum atomic E-state index is -3.47. The van der Waals surface area contributed by atoms with E-state index >= 15 is 0 Å². The van der Waals surface area contributed by atoms with Gasteiger partial charge in [0.1, 0.15) is 12.4 Å². The van der Waals surface area contributed by atoms with Crippen LogP contribution in [0.5, 0.6) is 5.75 Å². The minimum absolute atomic E-state index is 0. The number of halogens is 2. The predicted octanol–water partition coefficient (Wildman–Crippen LogP) is 5.29. The quantitative estimate of drug-likeness (QED) is 0.201. The number of H-pyrrole nitrogens is 1. The molecule has 0 bridgehead atoms. The normalized spacial score (nSPS) is 12.2. The van der Waals surface area contributed by atoms with Crippen LogP contribution in [0.15, 0.2) is 66.7 Å². The smallest absolute Gasteiger partial charge is 0.229 e. The number of sulfonamides is 1. The number of aliphatic hydroxyl groups excluding tert-OH is 1. The summed E-state index contributed by atoms with van der Waals surface area (Å²) < 4.78 is 31.2. The van der Waals surface area contributed by atoms with E-state index in [1.165, 1.54) is 11.6 Å². The molecule has 1 atom stereocenters. The summed E-state index contributed by atoms with van der Waals surface area (Å²) in [4.78, 5) is 3.50. The summed E-state index contributed by atoms with van der Waals surface area (Å²) in [5.74, 6) is 0.759. The highest BCUT2D eigenvalue weighted by Crippen LogP contribution is 2.31. The van der Waals surface area contributed by atoms with Gasteiger partial charge in [0, 0.05) is 35.8 Å². The molecule has 10 heteroatoms. The molecule has 4 N–H and O–H groups in total. The zero-order chi connectivity index (χ0) is 25.0. The first-order valence-electron chi connectivity index (χ1n) is 11.2. The first-order chi connectivity index (χ1) is 16.7. The first kappa shape index (κ1) is 27.8. The Bertz CT molecular complexity index is 1430. The standard InChI is InChI=1S/C26H28ClN3O4S.ClH/c1-17-21-10-9-20(15-23(21)29-26(17)18-6-4-3-5-7-18)34-13-12-28-16-25(31)19-8-11-22(27)24(14-19)30-35(2,32)33;/h3-11,14-15,25,28-31H,12-13,16H2,1-2H3;1H. The van der Waals surface area contributed by atoms with Gasteiger partial charge < -0.3 is 20.1 Å². The third-order valence-electron chi connectivity index (χ3n) is 5.65. The molecule has 0 saturated heterocycles. The second kappa shape index (κ2) is 12.0. The van der Waals surface area contributed by atoms with Crippen LogP contribution in [0.3, 0.4) is 0 Å². The number of aromatic amines is 1. The number of hydrogen-bond acceptors (Lipinski definition) is 5. The summed E-state index contributed by atoms with van der Waals surface area (Å²) >= 11 is 6.05. The van der Waals surface area contributed by atoms with Gasteiger partial charge in [0.2, 0.25) is 10.0 Å². The topological polar surface area (TPSA) is 103 Å². The highest BCUT2D eigenvalue weighted by atomic mass is 35.5. The SMILES string of the molecule is Cc1c(-c2ccccc2)[nH]c2cc(OCCNCC(O)c3ccc(Cl)c(NS(C)(=O)=O)c3)ccc12.Cl. The summed E-state index contributed by atoms with van der Waals surface area (Å²) in [5.41, 5.74) is 5.25. The van der Waals surface area contributed by atoms with Crippen LogP contribution in [0, 0.1) is 6.92 Å². The van der Waals surface area contributed by atoms with E-state index in [0.29, 0.717) is 18.7 Å². The Morgan fingerprint density at radius 1 is 1.08 bits per heavy atom. The molecule has 0 radical (unpaired) electrons. The summed E-state index contributed by atoms with van der Waals surface area (Å²) in [6.07, 6.45) is 0.215. The van der Waals surface area contributed by atoms with Gasteiger partial charge >= 0.3 is 0 Å². The molecule has 1 aromatic heterocycles. The molecule has 0 saturated carbocycles. The number of aryl methyl sites for hydroxylation is 1. The van der Waals surface area contributed by atoms with E-state index < -0.39 is 16.1 Å². The molecular weight excluding hydrogens is 521 g/mol. The van der Waals surface area contributed by atoms with Gasteiger partial charge in [-0.2, -0.15) is 0 Å². The maximum atomic E-state index is 11.5. The van der Waals surface area contributed by atoms with Crippen molar-refractivity contribution in [2.75, 3.05) is 30.7 Å². The molecule has 192 valence electrons. The minimum Gasteiger partial charge on any atom is -0.492 e. The number of anilines is 1. The van der Waals surface area contributed by atoms with Crippen LogP contribution < -0.4 is 14.8 Å². The Morgan fingerprint density at radius 3 is 2.56 bits per heavy atom. The van der Waals surface area contributed by atoms with Crippen molar-refractivity contribution in [3.63, 3.8) is 0 Å². The highest BCUT2D eigenvalue weighted by Gasteiger charge is 2.13. The summed E-state index contributed by atoms with van der Waals surface area (Å²) in [6.45, 7) is 3.33. The second-order valence-corrected chi connectivity index (χ2v) is 10.5. The fraction of sp³-hybridized carbons (Fsp3) is 0.231. The Labute approximate surface area is 222 Å². The molecule has 4 rings (SSSR count). The highest BCUT2D eigenvalue weighted by molar-refractivity contribution is 7.92. The van der Waals surface area contributed by atoms with E-state index in [1.54, 1.807) is 12.1 Å². The van der Waals surface area contributed by atoms with Crippen molar-refractivity contribution in [2.24, 2.45) is 0 Å². The Hall–Kier alpha value is -2.75. The van der Waals surface area contributed by atoms with Crippen molar-refractivity contribution >= 4 is 50.6 Å². The van der Waals surface area contributed by atoms with Gasteiger partial charge in [0.25, 0.3) is 0 Å². The van der Waals surface area contributed by atoms with Crippen LogP contribution in [0.1, 0.15) is 17.2 Å². The Kier molecular flexibility index (Phi) is 9.27. The lowest BCUT2D eigenvalue weighted by Gasteiger charge is -2.15. The Balaban J connectivity index is 0.00000361. The molecule has 0 amide bonds. The summed E-state index contributed by atoms with van der Waals surface area (Å²) in [7, 11) is -3.47. The van der Waals surface area contributed by atoms with E-state index in [0.717, 1.165) is 34.2 Å². The van der Waals surface area contributed by atoms with Crippen molar-refractivity contribution in [1.82, 2.24) is 10.3 Å². The molecule has 4 aromatic rings. The van der Waals surface area contributed by atoms with E-state index in [2.05, 4.69) is 40.1 Å². The lowest BCUT2D eigenvalue weighted by atomic mass is 10.1. The number of hydrogen-bond donors (Lipinski definition) is 4. The van der Waals surface area contributed by atoms with Crippen molar-refractivity contribution < 1.29 is 18.3 Å². The van der Waals surface area contributed by atoms with Crippen LogP contribution in [0.2, 0.25) is 5.02 Å². The van der Waals surface area contributed by atoms with Gasteiger partial charge in [-0.1, -0.05) is 48.0 Å². The fourth-order valence-corrected chi connectivity index (χ4v) is 4.72. The molecule has 0 aliphatic rings. The maximum absolute atomic E-state index is 11.5. The zero-order valence-corrected chi connectivity index (χ0v) is 22.3.